The highest BCUT2D eigenvalue weighted by Crippen LogP contribution is 2.27. The van der Waals surface area contributed by atoms with Crippen LogP contribution in [0.1, 0.15) is 18.4 Å². The fraction of sp³-hybridized carbons (Fsp3) is 0.269. The summed E-state index contributed by atoms with van der Waals surface area (Å²) in [6, 6.07) is 15.9. The maximum atomic E-state index is 13.7. The average Bonchev–Trinajstić information content (AvgIpc) is 2.84. The van der Waals surface area contributed by atoms with Gasteiger partial charge in [-0.3, -0.25) is 9.36 Å². The maximum absolute atomic E-state index is 13.7. The number of aryl methyl sites for hydroxylation is 1. The molecule has 4 aromatic rings. The van der Waals surface area contributed by atoms with Gasteiger partial charge in [-0.25, -0.2) is 14.4 Å². The van der Waals surface area contributed by atoms with Crippen molar-refractivity contribution in [2.24, 2.45) is 5.92 Å². The van der Waals surface area contributed by atoms with E-state index in [9.17, 15) is 9.18 Å². The first kappa shape index (κ1) is 21.3. The zero-order valence-corrected chi connectivity index (χ0v) is 18.4. The molecular weight excluding hydrogens is 419 g/mol. The molecule has 0 radical (unpaired) electrons. The lowest BCUT2D eigenvalue weighted by Crippen LogP contribution is -2.35. The summed E-state index contributed by atoms with van der Waals surface area (Å²) in [4.78, 5) is 22.6. The molecule has 0 saturated carbocycles. The maximum Gasteiger partial charge on any atom is 0.261 e. The number of ether oxygens (including phenoxy) is 1. The Balaban J connectivity index is 1.61. The van der Waals surface area contributed by atoms with Crippen LogP contribution in [0.25, 0.3) is 22.3 Å². The van der Waals surface area contributed by atoms with Gasteiger partial charge in [0.05, 0.1) is 17.1 Å². The van der Waals surface area contributed by atoms with Crippen molar-refractivity contribution >= 4 is 10.9 Å². The van der Waals surface area contributed by atoms with Gasteiger partial charge in [-0.05, 0) is 68.6 Å². The number of aromatic nitrogens is 3. The molecule has 0 spiro atoms. The van der Waals surface area contributed by atoms with E-state index in [-0.39, 0.29) is 11.4 Å². The van der Waals surface area contributed by atoms with Gasteiger partial charge in [0.15, 0.2) is 0 Å². The lowest BCUT2D eigenvalue weighted by Gasteiger charge is -2.25. The summed E-state index contributed by atoms with van der Waals surface area (Å²) < 4.78 is 20.7. The highest BCUT2D eigenvalue weighted by Gasteiger charge is 2.20. The Hall–Kier alpha value is -3.58. The quantitative estimate of drug-likeness (QED) is 0.483. The van der Waals surface area contributed by atoms with E-state index in [0.29, 0.717) is 34.9 Å². The van der Waals surface area contributed by atoms with Gasteiger partial charge in [0, 0.05) is 18.2 Å². The molecule has 1 atom stereocenters. The Kier molecular flexibility index (Phi) is 5.88. The van der Waals surface area contributed by atoms with E-state index in [1.165, 1.54) is 12.1 Å². The van der Waals surface area contributed by atoms with Crippen molar-refractivity contribution in [3.63, 3.8) is 0 Å². The van der Waals surface area contributed by atoms with Crippen molar-refractivity contribution in [3.8, 4) is 23.0 Å². The van der Waals surface area contributed by atoms with Crippen LogP contribution in [0.5, 0.6) is 11.6 Å². The minimum absolute atomic E-state index is 0.0960. The second-order valence-corrected chi connectivity index (χ2v) is 8.47. The summed E-state index contributed by atoms with van der Waals surface area (Å²) in [6.07, 6.45) is 3.27. The number of piperidine rings is 1. The number of benzene rings is 2. The van der Waals surface area contributed by atoms with Gasteiger partial charge in [0.25, 0.3) is 5.56 Å². The average molecular weight is 445 g/mol. The number of hydrogen-bond acceptors (Lipinski definition) is 5. The molecule has 168 valence electrons. The highest BCUT2D eigenvalue weighted by molar-refractivity contribution is 5.81. The van der Waals surface area contributed by atoms with Crippen molar-refractivity contribution in [2.45, 2.75) is 26.3 Å². The standard InChI is InChI=1S/C26H25FN4O2/c1-17-5-2-3-7-21(17)25-30-23-10-9-20(33-24-11-8-19(27)15-29-24)13-22(23)26(32)31(25)16-18-6-4-12-28-14-18/h2-3,5,7-11,13,15,18,28H,4,6,12,14,16H2,1H3/t18-/m0/s1. The van der Waals surface area contributed by atoms with E-state index in [1.807, 2.05) is 35.8 Å². The van der Waals surface area contributed by atoms with E-state index in [0.717, 1.165) is 43.3 Å². The number of nitrogens with zero attached hydrogens (tertiary/aromatic N) is 3. The number of fused-ring (bicyclic) bond motifs is 1. The number of pyridine rings is 1. The van der Waals surface area contributed by atoms with Gasteiger partial charge in [-0.15, -0.1) is 0 Å². The molecule has 7 heteroatoms. The molecule has 1 fully saturated rings. The molecule has 0 aliphatic carbocycles. The Morgan fingerprint density at radius 3 is 2.82 bits per heavy atom. The molecule has 2 aromatic heterocycles. The fourth-order valence-electron chi connectivity index (χ4n) is 4.34. The number of rotatable bonds is 5. The van der Waals surface area contributed by atoms with Crippen LogP contribution in [0.15, 0.2) is 65.6 Å². The van der Waals surface area contributed by atoms with E-state index in [4.69, 9.17) is 9.72 Å². The predicted molar refractivity (Wildman–Crippen MR) is 126 cm³/mol. The SMILES string of the molecule is Cc1ccccc1-c1nc2ccc(Oc3ccc(F)cn3)cc2c(=O)n1C[C@H]1CCCNC1. The summed E-state index contributed by atoms with van der Waals surface area (Å²) in [5.41, 5.74) is 2.54. The smallest absolute Gasteiger partial charge is 0.261 e. The van der Waals surface area contributed by atoms with Crippen LogP contribution in [-0.4, -0.2) is 27.6 Å². The van der Waals surface area contributed by atoms with Crippen LogP contribution >= 0.6 is 0 Å². The summed E-state index contributed by atoms with van der Waals surface area (Å²) >= 11 is 0. The number of halogens is 1. The van der Waals surface area contributed by atoms with Gasteiger partial charge in [0.1, 0.15) is 17.4 Å². The van der Waals surface area contributed by atoms with Crippen molar-refractivity contribution < 1.29 is 9.13 Å². The zero-order chi connectivity index (χ0) is 22.8. The third-order valence-electron chi connectivity index (χ3n) is 6.07. The van der Waals surface area contributed by atoms with Crippen LogP contribution in [-0.2, 0) is 6.54 Å². The van der Waals surface area contributed by atoms with Gasteiger partial charge in [-0.1, -0.05) is 24.3 Å². The van der Waals surface area contributed by atoms with Gasteiger partial charge in [-0.2, -0.15) is 0 Å². The third kappa shape index (κ3) is 4.50. The predicted octanol–water partition coefficient (Wildman–Crippen LogP) is 4.70. The summed E-state index contributed by atoms with van der Waals surface area (Å²) in [5.74, 6) is 1.32. The second kappa shape index (κ2) is 9.11. The third-order valence-corrected chi connectivity index (χ3v) is 6.07. The lowest BCUT2D eigenvalue weighted by molar-refractivity contribution is 0.334. The molecule has 1 aliphatic rings. The molecule has 6 nitrogen and oxygen atoms in total. The van der Waals surface area contributed by atoms with E-state index >= 15 is 0 Å². The summed E-state index contributed by atoms with van der Waals surface area (Å²) in [5, 5.41) is 3.92. The first-order valence-electron chi connectivity index (χ1n) is 11.2. The van der Waals surface area contributed by atoms with Crippen LogP contribution in [0.2, 0.25) is 0 Å². The molecule has 1 N–H and O–H groups in total. The molecule has 1 saturated heterocycles. The molecule has 3 heterocycles. The van der Waals surface area contributed by atoms with Crippen molar-refractivity contribution in [3.05, 3.63) is 82.5 Å². The Bertz CT molecular complexity index is 1350. The molecular formula is C26H25FN4O2. The summed E-state index contributed by atoms with van der Waals surface area (Å²) in [7, 11) is 0. The fourth-order valence-corrected chi connectivity index (χ4v) is 4.34. The highest BCUT2D eigenvalue weighted by atomic mass is 19.1. The van der Waals surface area contributed by atoms with Gasteiger partial charge in [0.2, 0.25) is 5.88 Å². The first-order valence-corrected chi connectivity index (χ1v) is 11.2. The second-order valence-electron chi connectivity index (χ2n) is 8.47. The van der Waals surface area contributed by atoms with Crippen LogP contribution in [0.4, 0.5) is 4.39 Å². The monoisotopic (exact) mass is 444 g/mol. The van der Waals surface area contributed by atoms with Crippen LogP contribution in [0.3, 0.4) is 0 Å². The number of hydrogen-bond donors (Lipinski definition) is 1. The molecule has 0 amide bonds. The topological polar surface area (TPSA) is 69.0 Å². The zero-order valence-electron chi connectivity index (χ0n) is 18.4. The van der Waals surface area contributed by atoms with Crippen molar-refractivity contribution in [1.82, 2.24) is 19.9 Å². The first-order chi connectivity index (χ1) is 16.1. The lowest BCUT2D eigenvalue weighted by atomic mass is 9.99. The van der Waals surface area contributed by atoms with E-state index in [2.05, 4.69) is 10.3 Å². The molecule has 5 rings (SSSR count). The van der Waals surface area contributed by atoms with Gasteiger partial charge >= 0.3 is 0 Å². The summed E-state index contributed by atoms with van der Waals surface area (Å²) in [6.45, 7) is 4.54. The molecule has 33 heavy (non-hydrogen) atoms. The molecule has 2 aromatic carbocycles. The molecule has 0 bridgehead atoms. The number of nitrogens with one attached hydrogen (secondary N) is 1. The van der Waals surface area contributed by atoms with E-state index < -0.39 is 5.82 Å². The Morgan fingerprint density at radius 1 is 1.18 bits per heavy atom. The van der Waals surface area contributed by atoms with Crippen LogP contribution in [0, 0.1) is 18.7 Å². The Morgan fingerprint density at radius 2 is 2.06 bits per heavy atom. The van der Waals surface area contributed by atoms with Gasteiger partial charge < -0.3 is 10.1 Å². The largest absolute Gasteiger partial charge is 0.439 e. The normalized spacial score (nSPS) is 16.1. The van der Waals surface area contributed by atoms with Crippen molar-refractivity contribution in [1.29, 1.82) is 0 Å². The molecule has 1 aliphatic heterocycles. The molecule has 0 unspecified atom stereocenters. The van der Waals surface area contributed by atoms with Crippen molar-refractivity contribution in [2.75, 3.05) is 13.1 Å². The Labute approximate surface area is 191 Å². The minimum atomic E-state index is -0.436. The van der Waals surface area contributed by atoms with E-state index in [1.54, 1.807) is 18.2 Å². The minimum Gasteiger partial charge on any atom is -0.439 e. The van der Waals surface area contributed by atoms with Crippen LogP contribution < -0.4 is 15.6 Å².